The Hall–Kier alpha value is -3.58. The Morgan fingerprint density at radius 2 is 1.53 bits per heavy atom. The highest BCUT2D eigenvalue weighted by molar-refractivity contribution is 7.16. The molecule has 0 saturated heterocycles. The summed E-state index contributed by atoms with van der Waals surface area (Å²) in [4.78, 5) is 18.0. The van der Waals surface area contributed by atoms with Gasteiger partial charge in [-0.1, -0.05) is 41.7 Å². The Morgan fingerprint density at radius 3 is 2.27 bits per heavy atom. The lowest BCUT2D eigenvalue weighted by molar-refractivity contribution is 0.0995. The number of aromatic nitrogens is 1. The summed E-state index contributed by atoms with van der Waals surface area (Å²) in [5.74, 6) is 2.11. The molecule has 0 saturated carbocycles. The van der Waals surface area contributed by atoms with Gasteiger partial charge < -0.3 is 18.8 Å². The normalized spacial score (nSPS) is 11.5. The Labute approximate surface area is 177 Å². The van der Waals surface area contributed by atoms with Crippen molar-refractivity contribution in [3.05, 3.63) is 77.1 Å². The molecule has 4 rings (SSSR count). The van der Waals surface area contributed by atoms with Crippen LogP contribution in [0.4, 0.5) is 0 Å². The molecule has 1 amide bonds. The zero-order chi connectivity index (χ0) is 21.1. The molecule has 0 aliphatic rings. The van der Waals surface area contributed by atoms with Crippen molar-refractivity contribution in [1.82, 2.24) is 4.57 Å². The maximum absolute atomic E-state index is 13.0. The van der Waals surface area contributed by atoms with Crippen LogP contribution in [-0.4, -0.2) is 24.7 Å². The van der Waals surface area contributed by atoms with Gasteiger partial charge in [-0.2, -0.15) is 4.99 Å². The van der Waals surface area contributed by atoms with E-state index in [1.54, 1.807) is 32.4 Å². The number of hydrogen-bond donors (Lipinski definition) is 0. The number of nitrogens with zero attached hydrogens (tertiary/aromatic N) is 2. The van der Waals surface area contributed by atoms with Crippen molar-refractivity contribution in [2.75, 3.05) is 14.2 Å². The van der Waals surface area contributed by atoms with E-state index in [4.69, 9.17) is 14.2 Å². The summed E-state index contributed by atoms with van der Waals surface area (Å²) < 4.78 is 19.5. The standard InChI is InChI=1S/C23H20N2O4S/c1-25-20-18(27-2)13-14-19(28-3)21(20)30-23(25)24-22(26)16-11-7-8-12-17(16)29-15-9-5-4-6-10-15/h4-14H,1-3H3. The number of thiazole rings is 1. The van der Waals surface area contributed by atoms with Gasteiger partial charge in [0.15, 0.2) is 4.80 Å². The molecule has 0 bridgehead atoms. The first-order chi connectivity index (χ1) is 14.6. The van der Waals surface area contributed by atoms with Gasteiger partial charge in [-0.25, -0.2) is 0 Å². The monoisotopic (exact) mass is 420 g/mol. The molecule has 6 nitrogen and oxygen atoms in total. The smallest absolute Gasteiger partial charge is 0.283 e. The fourth-order valence-electron chi connectivity index (χ4n) is 3.12. The highest BCUT2D eigenvalue weighted by Gasteiger charge is 2.16. The van der Waals surface area contributed by atoms with Gasteiger partial charge in [-0.3, -0.25) is 4.79 Å². The molecule has 0 spiro atoms. The van der Waals surface area contributed by atoms with Crippen molar-refractivity contribution in [1.29, 1.82) is 0 Å². The van der Waals surface area contributed by atoms with E-state index in [2.05, 4.69) is 4.99 Å². The number of rotatable bonds is 5. The van der Waals surface area contributed by atoms with Crippen molar-refractivity contribution >= 4 is 27.5 Å². The summed E-state index contributed by atoms with van der Waals surface area (Å²) in [5.41, 5.74) is 1.21. The van der Waals surface area contributed by atoms with Gasteiger partial charge in [0.25, 0.3) is 5.91 Å². The molecule has 0 N–H and O–H groups in total. The molecule has 0 aliphatic heterocycles. The second-order valence-electron chi connectivity index (χ2n) is 6.42. The summed E-state index contributed by atoms with van der Waals surface area (Å²) in [5, 5.41) is 0. The van der Waals surface area contributed by atoms with Gasteiger partial charge in [-0.15, -0.1) is 0 Å². The molecule has 1 heterocycles. The zero-order valence-electron chi connectivity index (χ0n) is 16.8. The predicted octanol–water partition coefficient (Wildman–Crippen LogP) is 4.79. The number of methoxy groups -OCH3 is 2. The lowest BCUT2D eigenvalue weighted by atomic mass is 10.2. The first kappa shape index (κ1) is 19.7. The van der Waals surface area contributed by atoms with Crippen LogP contribution in [0, 0.1) is 0 Å². The summed E-state index contributed by atoms with van der Waals surface area (Å²) in [6, 6.07) is 20.1. The molecule has 0 atom stereocenters. The second kappa shape index (κ2) is 8.42. The van der Waals surface area contributed by atoms with Gasteiger partial charge in [0.1, 0.15) is 33.2 Å². The van der Waals surface area contributed by atoms with E-state index in [0.717, 1.165) is 10.2 Å². The van der Waals surface area contributed by atoms with Crippen LogP contribution < -0.4 is 19.0 Å². The van der Waals surface area contributed by atoms with Crippen molar-refractivity contribution in [3.63, 3.8) is 0 Å². The Kier molecular flexibility index (Phi) is 5.54. The molecule has 1 aromatic heterocycles. The third-order valence-corrected chi connectivity index (χ3v) is 5.75. The van der Waals surface area contributed by atoms with E-state index in [9.17, 15) is 4.79 Å². The summed E-state index contributed by atoms with van der Waals surface area (Å²) in [6.45, 7) is 0. The maximum atomic E-state index is 13.0. The lowest BCUT2D eigenvalue weighted by Crippen LogP contribution is -2.14. The van der Waals surface area contributed by atoms with Crippen molar-refractivity contribution < 1.29 is 19.0 Å². The van der Waals surface area contributed by atoms with Gasteiger partial charge in [0.2, 0.25) is 0 Å². The van der Waals surface area contributed by atoms with Crippen LogP contribution in [0.5, 0.6) is 23.0 Å². The van der Waals surface area contributed by atoms with Gasteiger partial charge in [0, 0.05) is 7.05 Å². The van der Waals surface area contributed by atoms with E-state index in [1.165, 1.54) is 11.3 Å². The average molecular weight is 420 g/mol. The molecular weight excluding hydrogens is 400 g/mol. The van der Waals surface area contributed by atoms with E-state index < -0.39 is 0 Å². The molecule has 3 aromatic carbocycles. The highest BCUT2D eigenvalue weighted by atomic mass is 32.1. The van der Waals surface area contributed by atoms with Crippen molar-refractivity contribution in [2.45, 2.75) is 0 Å². The maximum Gasteiger partial charge on any atom is 0.283 e. The van der Waals surface area contributed by atoms with E-state index in [0.29, 0.717) is 33.4 Å². The Morgan fingerprint density at radius 1 is 0.867 bits per heavy atom. The van der Waals surface area contributed by atoms with Gasteiger partial charge >= 0.3 is 0 Å². The largest absolute Gasteiger partial charge is 0.495 e. The van der Waals surface area contributed by atoms with Crippen molar-refractivity contribution in [2.24, 2.45) is 12.0 Å². The van der Waals surface area contributed by atoms with Gasteiger partial charge in [0.05, 0.1) is 19.8 Å². The van der Waals surface area contributed by atoms with E-state index in [1.807, 2.05) is 60.1 Å². The molecule has 0 unspecified atom stereocenters. The van der Waals surface area contributed by atoms with E-state index >= 15 is 0 Å². The minimum atomic E-state index is -0.387. The highest BCUT2D eigenvalue weighted by Crippen LogP contribution is 2.34. The van der Waals surface area contributed by atoms with Gasteiger partial charge in [-0.05, 0) is 36.4 Å². The first-order valence-electron chi connectivity index (χ1n) is 9.24. The summed E-state index contributed by atoms with van der Waals surface area (Å²) in [6.07, 6.45) is 0. The third kappa shape index (κ3) is 3.67. The van der Waals surface area contributed by atoms with Crippen LogP contribution in [0.1, 0.15) is 10.4 Å². The van der Waals surface area contributed by atoms with Crippen LogP contribution in [0.15, 0.2) is 71.7 Å². The number of carbonyl (C=O) groups excluding carboxylic acids is 1. The molecule has 7 heteroatoms. The minimum absolute atomic E-state index is 0.387. The third-order valence-electron chi connectivity index (χ3n) is 4.60. The summed E-state index contributed by atoms with van der Waals surface area (Å²) in [7, 11) is 5.07. The van der Waals surface area contributed by atoms with Crippen LogP contribution >= 0.6 is 11.3 Å². The van der Waals surface area contributed by atoms with Crippen LogP contribution in [0.2, 0.25) is 0 Å². The fourth-order valence-corrected chi connectivity index (χ4v) is 4.25. The Balaban J connectivity index is 1.79. The minimum Gasteiger partial charge on any atom is -0.495 e. The lowest BCUT2D eigenvalue weighted by Gasteiger charge is -2.08. The molecule has 0 radical (unpaired) electrons. The molecular formula is C23H20N2O4S. The number of carbonyl (C=O) groups is 1. The van der Waals surface area contributed by atoms with Crippen LogP contribution in [0.25, 0.3) is 10.2 Å². The molecule has 4 aromatic rings. The number of ether oxygens (including phenoxy) is 3. The summed E-state index contributed by atoms with van der Waals surface area (Å²) >= 11 is 1.37. The quantitative estimate of drug-likeness (QED) is 0.466. The number of fused-ring (bicyclic) bond motifs is 1. The van der Waals surface area contributed by atoms with E-state index in [-0.39, 0.29) is 5.91 Å². The molecule has 152 valence electrons. The zero-order valence-corrected chi connectivity index (χ0v) is 17.6. The predicted molar refractivity (Wildman–Crippen MR) is 117 cm³/mol. The number of aryl methyl sites for hydroxylation is 1. The fraction of sp³-hybridized carbons (Fsp3) is 0.130. The van der Waals surface area contributed by atoms with Crippen molar-refractivity contribution in [3.8, 4) is 23.0 Å². The molecule has 0 aliphatic carbocycles. The number of amides is 1. The second-order valence-corrected chi connectivity index (χ2v) is 7.40. The number of benzene rings is 3. The Bertz CT molecular complexity index is 1280. The van der Waals surface area contributed by atoms with Crippen LogP contribution in [-0.2, 0) is 7.05 Å². The first-order valence-corrected chi connectivity index (χ1v) is 10.1. The number of para-hydroxylation sites is 2. The average Bonchev–Trinajstić information content (AvgIpc) is 3.10. The molecule has 30 heavy (non-hydrogen) atoms. The molecule has 0 fully saturated rings. The number of hydrogen-bond acceptors (Lipinski definition) is 5. The SMILES string of the molecule is COc1ccc(OC)c2c1sc(=NC(=O)c1ccccc1Oc1ccccc1)n2C. The van der Waals surface area contributed by atoms with Crippen LogP contribution in [0.3, 0.4) is 0 Å². The topological polar surface area (TPSA) is 62.1 Å².